The van der Waals surface area contributed by atoms with Crippen LogP contribution in [0.4, 0.5) is 4.79 Å². The van der Waals surface area contributed by atoms with E-state index < -0.39 is 24.0 Å². The number of alkyl carbamates (subject to hydrolysis) is 1. The Kier molecular flexibility index (Phi) is 3.27. The van der Waals surface area contributed by atoms with Gasteiger partial charge in [0.2, 0.25) is 0 Å². The van der Waals surface area contributed by atoms with Gasteiger partial charge in [0.05, 0.1) is 6.04 Å². The molecule has 5 nitrogen and oxygen atoms in total. The van der Waals surface area contributed by atoms with Gasteiger partial charge in [-0.2, -0.15) is 0 Å². The fourth-order valence-electron chi connectivity index (χ4n) is 1.87. The van der Waals surface area contributed by atoms with Crippen LogP contribution in [0.1, 0.15) is 5.56 Å². The lowest BCUT2D eigenvalue weighted by Crippen LogP contribution is -2.45. The van der Waals surface area contributed by atoms with Crippen molar-refractivity contribution in [3.63, 3.8) is 0 Å². The first-order valence-electron chi connectivity index (χ1n) is 5.35. The van der Waals surface area contributed by atoms with Crippen molar-refractivity contribution in [3.8, 4) is 0 Å². The van der Waals surface area contributed by atoms with Crippen molar-refractivity contribution < 1.29 is 19.4 Å². The zero-order chi connectivity index (χ0) is 12.3. The Balaban J connectivity index is 2.08. The number of carboxylic acids is 1. The molecule has 0 saturated carbocycles. The third-order valence-electron chi connectivity index (χ3n) is 2.78. The van der Waals surface area contributed by atoms with Crippen LogP contribution in [0.25, 0.3) is 0 Å². The molecule has 1 aliphatic heterocycles. The molecule has 1 unspecified atom stereocenters. The van der Waals surface area contributed by atoms with E-state index in [0.29, 0.717) is 6.42 Å². The van der Waals surface area contributed by atoms with Crippen molar-refractivity contribution in [3.05, 3.63) is 35.9 Å². The summed E-state index contributed by atoms with van der Waals surface area (Å²) < 4.78 is 4.69. The Labute approximate surface area is 98.4 Å². The minimum atomic E-state index is -1.18. The molecule has 1 aromatic carbocycles. The third kappa shape index (κ3) is 2.75. The van der Waals surface area contributed by atoms with Gasteiger partial charge in [0.1, 0.15) is 6.61 Å². The highest BCUT2D eigenvalue weighted by Crippen LogP contribution is 2.15. The highest BCUT2D eigenvalue weighted by molar-refractivity contribution is 5.74. The molecule has 1 aromatic rings. The van der Waals surface area contributed by atoms with Gasteiger partial charge in [-0.25, -0.2) is 4.79 Å². The summed E-state index contributed by atoms with van der Waals surface area (Å²) in [6, 6.07) is 8.70. The fraction of sp³-hybridized carbons (Fsp3) is 0.333. The lowest BCUT2D eigenvalue weighted by atomic mass is 9.93. The second kappa shape index (κ2) is 4.86. The summed E-state index contributed by atoms with van der Waals surface area (Å²) >= 11 is 0. The maximum Gasteiger partial charge on any atom is 0.407 e. The van der Waals surface area contributed by atoms with Gasteiger partial charge < -0.3 is 20.0 Å². The van der Waals surface area contributed by atoms with E-state index >= 15 is 0 Å². The molecule has 90 valence electrons. The van der Waals surface area contributed by atoms with Gasteiger partial charge in [-0.05, 0) is 12.0 Å². The number of amides is 1. The molecule has 2 rings (SSSR count). The molecule has 1 amide bonds. The second-order valence-corrected chi connectivity index (χ2v) is 3.96. The third-order valence-corrected chi connectivity index (χ3v) is 2.78. The smallest absolute Gasteiger partial charge is 0.407 e. The number of carbonyl (C=O) groups is 2. The van der Waals surface area contributed by atoms with E-state index in [1.54, 1.807) is 0 Å². The largest absolute Gasteiger partial charge is 0.550 e. The standard InChI is InChI=1S/C12H13NO4/c14-11(15)9(10-7-17-12(16)13-10)6-8-4-2-1-3-5-8/h1-5,9-10H,6-7H2,(H,13,16)(H,14,15)/p-1/t9?,10-/m1/s1. The topological polar surface area (TPSA) is 78.5 Å². The Hall–Kier alpha value is -2.04. The molecule has 1 fully saturated rings. The Morgan fingerprint density at radius 2 is 2.18 bits per heavy atom. The van der Waals surface area contributed by atoms with Crippen molar-refractivity contribution >= 4 is 12.1 Å². The van der Waals surface area contributed by atoms with E-state index in [2.05, 4.69) is 5.32 Å². The number of benzene rings is 1. The number of carbonyl (C=O) groups excluding carboxylic acids is 2. The average Bonchev–Trinajstić information content (AvgIpc) is 2.73. The molecule has 17 heavy (non-hydrogen) atoms. The molecule has 2 atom stereocenters. The van der Waals surface area contributed by atoms with Crippen LogP contribution in [-0.4, -0.2) is 24.7 Å². The number of hydrogen-bond acceptors (Lipinski definition) is 4. The van der Waals surface area contributed by atoms with Crippen molar-refractivity contribution in [2.24, 2.45) is 5.92 Å². The second-order valence-electron chi connectivity index (χ2n) is 3.96. The molecular weight excluding hydrogens is 222 g/mol. The SMILES string of the molecule is O=C1N[C@@H](C(Cc2ccccc2)C(=O)[O-])CO1. The molecule has 1 N–H and O–H groups in total. The van der Waals surface area contributed by atoms with Gasteiger partial charge in [-0.3, -0.25) is 0 Å². The van der Waals surface area contributed by atoms with Crippen LogP contribution in [0.5, 0.6) is 0 Å². The Morgan fingerprint density at radius 1 is 1.47 bits per heavy atom. The van der Waals surface area contributed by atoms with E-state index in [1.807, 2.05) is 30.3 Å². The van der Waals surface area contributed by atoms with Crippen molar-refractivity contribution in [2.45, 2.75) is 12.5 Å². The number of ether oxygens (including phenoxy) is 1. The van der Waals surface area contributed by atoms with Gasteiger partial charge in [0.25, 0.3) is 0 Å². The molecule has 1 heterocycles. The first kappa shape index (κ1) is 11.4. The summed E-state index contributed by atoms with van der Waals surface area (Å²) in [5.41, 5.74) is 0.892. The zero-order valence-electron chi connectivity index (χ0n) is 9.09. The van der Waals surface area contributed by atoms with Crippen molar-refractivity contribution in [2.75, 3.05) is 6.61 Å². The number of hydrogen-bond donors (Lipinski definition) is 1. The molecule has 0 bridgehead atoms. The summed E-state index contributed by atoms with van der Waals surface area (Å²) in [6.45, 7) is 0.0737. The van der Waals surface area contributed by atoms with Crippen molar-refractivity contribution in [1.29, 1.82) is 0 Å². The van der Waals surface area contributed by atoms with Crippen molar-refractivity contribution in [1.82, 2.24) is 5.32 Å². The van der Waals surface area contributed by atoms with Crippen LogP contribution in [0.2, 0.25) is 0 Å². The molecule has 0 aliphatic carbocycles. The molecule has 1 aliphatic rings. The van der Waals surface area contributed by atoms with E-state index in [1.165, 1.54) is 0 Å². The lowest BCUT2D eigenvalue weighted by molar-refractivity contribution is -0.312. The predicted octanol–water partition coefficient (Wildman–Crippen LogP) is -0.296. The van der Waals surface area contributed by atoms with Gasteiger partial charge in [-0.15, -0.1) is 0 Å². The van der Waals surface area contributed by atoms with Crippen LogP contribution in [-0.2, 0) is 16.0 Å². The van der Waals surface area contributed by atoms with Crippen LogP contribution in [0.15, 0.2) is 30.3 Å². The Morgan fingerprint density at radius 3 is 2.71 bits per heavy atom. The van der Waals surface area contributed by atoms with Gasteiger partial charge in [0, 0.05) is 11.9 Å². The quantitative estimate of drug-likeness (QED) is 0.776. The van der Waals surface area contributed by atoms with Crippen LogP contribution in [0, 0.1) is 5.92 Å². The maximum absolute atomic E-state index is 11.1. The lowest BCUT2D eigenvalue weighted by Gasteiger charge is -2.22. The molecule has 0 radical (unpaired) electrons. The van der Waals surface area contributed by atoms with Crippen LogP contribution < -0.4 is 10.4 Å². The number of cyclic esters (lactones) is 1. The highest BCUT2D eigenvalue weighted by Gasteiger charge is 2.31. The first-order chi connectivity index (χ1) is 8.16. The molecular formula is C12H12NO4-. The van der Waals surface area contributed by atoms with E-state index in [-0.39, 0.29) is 6.61 Å². The number of nitrogens with one attached hydrogen (secondary N) is 1. The molecule has 0 aromatic heterocycles. The summed E-state index contributed by atoms with van der Waals surface area (Å²) in [5, 5.41) is 13.6. The number of carboxylic acid groups (broad SMARTS) is 1. The van der Waals surface area contributed by atoms with Crippen LogP contribution in [0.3, 0.4) is 0 Å². The Bertz CT molecular complexity index is 418. The van der Waals surface area contributed by atoms with E-state index in [4.69, 9.17) is 4.74 Å². The molecule has 0 spiro atoms. The zero-order valence-corrected chi connectivity index (χ0v) is 9.09. The minimum Gasteiger partial charge on any atom is -0.550 e. The average molecular weight is 234 g/mol. The fourth-order valence-corrected chi connectivity index (χ4v) is 1.87. The predicted molar refractivity (Wildman–Crippen MR) is 56.9 cm³/mol. The first-order valence-corrected chi connectivity index (χ1v) is 5.35. The summed E-state index contributed by atoms with van der Waals surface area (Å²) in [4.78, 5) is 22.0. The monoisotopic (exact) mass is 234 g/mol. The van der Waals surface area contributed by atoms with Gasteiger partial charge >= 0.3 is 6.09 Å². The van der Waals surface area contributed by atoms with Gasteiger partial charge in [0.15, 0.2) is 0 Å². The summed E-state index contributed by atoms with van der Waals surface area (Å²) in [7, 11) is 0. The van der Waals surface area contributed by atoms with Crippen LogP contribution >= 0.6 is 0 Å². The van der Waals surface area contributed by atoms with E-state index in [0.717, 1.165) is 5.56 Å². The number of rotatable bonds is 4. The van der Waals surface area contributed by atoms with Gasteiger partial charge in [-0.1, -0.05) is 30.3 Å². The molecule has 5 heteroatoms. The number of aliphatic carboxylic acids is 1. The minimum absolute atomic E-state index is 0.0737. The molecule has 1 saturated heterocycles. The normalized spacial score (nSPS) is 20.5. The summed E-state index contributed by atoms with van der Waals surface area (Å²) in [6.07, 6.45) is -0.258. The maximum atomic E-state index is 11.1. The summed E-state index contributed by atoms with van der Waals surface area (Å²) in [5.74, 6) is -1.95. The highest BCUT2D eigenvalue weighted by atomic mass is 16.6. The van der Waals surface area contributed by atoms with E-state index in [9.17, 15) is 14.7 Å².